The molecule has 3 nitrogen and oxygen atoms in total. The van der Waals surface area contributed by atoms with Gasteiger partial charge in [0.2, 0.25) is 0 Å². The minimum Gasteiger partial charge on any atom is -0.457 e. The van der Waals surface area contributed by atoms with Crippen molar-refractivity contribution in [1.82, 2.24) is 0 Å². The van der Waals surface area contributed by atoms with Crippen LogP contribution in [0.15, 0.2) is 0 Å². The first-order chi connectivity index (χ1) is 3.31. The summed E-state index contributed by atoms with van der Waals surface area (Å²) in [5.74, 6) is -0.623. The first kappa shape index (κ1) is 6.43. The number of hydrogen-bond donors (Lipinski definition) is 1. The Hall–Kier alpha value is -0.570. The van der Waals surface area contributed by atoms with Crippen LogP contribution in [0.4, 0.5) is 0 Å². The van der Waals surface area contributed by atoms with Gasteiger partial charge in [-0.05, 0) is 6.92 Å². The number of ether oxygens (including phenoxy) is 1. The van der Waals surface area contributed by atoms with E-state index in [1.165, 1.54) is 6.61 Å². The average molecular weight is 103 g/mol. The maximum atomic E-state index is 9.91. The van der Waals surface area contributed by atoms with Crippen LogP contribution in [0, 0.1) is 6.61 Å². The molecule has 0 rings (SSSR count). The van der Waals surface area contributed by atoms with Crippen LogP contribution >= 0.6 is 0 Å². The number of carbonyl (C=O) groups is 1. The van der Waals surface area contributed by atoms with Crippen molar-refractivity contribution in [2.24, 2.45) is 0 Å². The van der Waals surface area contributed by atoms with Crippen molar-refractivity contribution in [3.63, 3.8) is 0 Å². The van der Waals surface area contributed by atoms with Crippen LogP contribution in [0.1, 0.15) is 6.92 Å². The molecule has 0 atom stereocenters. The molecule has 1 N–H and O–H groups in total. The zero-order valence-electron chi connectivity index (χ0n) is 4.05. The van der Waals surface area contributed by atoms with Crippen molar-refractivity contribution < 1.29 is 14.6 Å². The summed E-state index contributed by atoms with van der Waals surface area (Å²) in [6.07, 6.45) is 0. The number of hydrogen-bond acceptors (Lipinski definition) is 3. The lowest BCUT2D eigenvalue weighted by Gasteiger charge is -1.92. The molecular formula is C4H7O3. The Kier molecular flexibility index (Phi) is 3.32. The lowest BCUT2D eigenvalue weighted by atomic mass is 10.7. The van der Waals surface area contributed by atoms with Crippen molar-refractivity contribution in [3.8, 4) is 0 Å². The van der Waals surface area contributed by atoms with E-state index in [2.05, 4.69) is 4.74 Å². The Bertz CT molecular complexity index is 60.0. The van der Waals surface area contributed by atoms with Gasteiger partial charge in [0.05, 0.1) is 0 Å². The highest BCUT2D eigenvalue weighted by atomic mass is 16.5. The lowest BCUT2D eigenvalue weighted by molar-refractivity contribution is -0.143. The molecule has 0 unspecified atom stereocenters. The predicted octanol–water partition coefficient (Wildman–Crippen LogP) is -0.296. The average Bonchev–Trinajstić information content (AvgIpc) is 1.68. The van der Waals surface area contributed by atoms with Crippen molar-refractivity contribution in [2.75, 3.05) is 6.61 Å². The van der Waals surface area contributed by atoms with Gasteiger partial charge in [-0.25, -0.2) is 4.79 Å². The molecule has 7 heavy (non-hydrogen) atoms. The minimum absolute atomic E-state index is 0.551. The Morgan fingerprint density at radius 2 is 2.57 bits per heavy atom. The Morgan fingerprint density at radius 1 is 2.00 bits per heavy atom. The fourth-order valence-corrected chi connectivity index (χ4v) is 0.169. The molecule has 41 valence electrons. The molecule has 0 aromatic carbocycles. The highest BCUT2D eigenvalue weighted by molar-refractivity contribution is 5.70. The third-order valence-electron chi connectivity index (χ3n) is 0.378. The van der Waals surface area contributed by atoms with E-state index in [9.17, 15) is 4.79 Å². The number of esters is 1. The van der Waals surface area contributed by atoms with Crippen molar-refractivity contribution >= 4 is 5.97 Å². The molecular weight excluding hydrogens is 96.0 g/mol. The summed E-state index contributed by atoms with van der Waals surface area (Å²) in [6, 6.07) is 0. The number of carbonyl (C=O) groups excluding carboxylic acids is 1. The van der Waals surface area contributed by atoms with E-state index in [0.717, 1.165) is 0 Å². The van der Waals surface area contributed by atoms with Crippen LogP contribution in [-0.4, -0.2) is 17.7 Å². The molecule has 1 radical (unpaired) electrons. The molecule has 0 aliphatic rings. The van der Waals surface area contributed by atoms with Gasteiger partial charge in [0.15, 0.2) is 0 Å². The molecule has 3 heteroatoms. The van der Waals surface area contributed by atoms with Gasteiger partial charge in [0.1, 0.15) is 13.2 Å². The van der Waals surface area contributed by atoms with Crippen LogP contribution in [-0.2, 0) is 9.53 Å². The molecule has 0 saturated heterocycles. The SMILES string of the molecule is C[CH]OC(=O)CO. The van der Waals surface area contributed by atoms with Gasteiger partial charge in [-0.15, -0.1) is 0 Å². The fourth-order valence-electron chi connectivity index (χ4n) is 0.169. The van der Waals surface area contributed by atoms with E-state index in [-0.39, 0.29) is 0 Å². The van der Waals surface area contributed by atoms with E-state index in [4.69, 9.17) is 5.11 Å². The quantitative estimate of drug-likeness (QED) is 0.488. The lowest BCUT2D eigenvalue weighted by Crippen LogP contribution is -2.05. The zero-order valence-corrected chi connectivity index (χ0v) is 4.05. The van der Waals surface area contributed by atoms with Crippen LogP contribution in [0.2, 0.25) is 0 Å². The molecule has 0 spiro atoms. The summed E-state index contributed by atoms with van der Waals surface area (Å²) in [7, 11) is 0. The minimum atomic E-state index is -0.623. The Balaban J connectivity index is 3.00. The van der Waals surface area contributed by atoms with Gasteiger partial charge >= 0.3 is 5.97 Å². The summed E-state index contributed by atoms with van der Waals surface area (Å²) in [6.45, 7) is 2.23. The monoisotopic (exact) mass is 103 g/mol. The van der Waals surface area contributed by atoms with Crippen LogP contribution in [0.5, 0.6) is 0 Å². The van der Waals surface area contributed by atoms with Gasteiger partial charge in [0.25, 0.3) is 0 Å². The molecule has 0 aromatic rings. The van der Waals surface area contributed by atoms with Gasteiger partial charge in [-0.1, -0.05) is 0 Å². The first-order valence-electron chi connectivity index (χ1n) is 1.89. The highest BCUT2D eigenvalue weighted by Gasteiger charge is 1.93. The number of aliphatic hydroxyl groups excluding tert-OH is 1. The van der Waals surface area contributed by atoms with Crippen LogP contribution in [0.3, 0.4) is 0 Å². The van der Waals surface area contributed by atoms with Crippen molar-refractivity contribution in [3.05, 3.63) is 6.61 Å². The molecule has 0 saturated carbocycles. The molecule has 0 bridgehead atoms. The van der Waals surface area contributed by atoms with E-state index < -0.39 is 12.6 Å². The zero-order chi connectivity index (χ0) is 5.70. The summed E-state index contributed by atoms with van der Waals surface area (Å²) < 4.78 is 4.18. The van der Waals surface area contributed by atoms with E-state index in [1.54, 1.807) is 6.92 Å². The van der Waals surface area contributed by atoms with Crippen LogP contribution < -0.4 is 0 Å². The van der Waals surface area contributed by atoms with Gasteiger partial charge in [-0.3, -0.25) is 0 Å². The largest absolute Gasteiger partial charge is 0.457 e. The van der Waals surface area contributed by atoms with Crippen molar-refractivity contribution in [1.29, 1.82) is 0 Å². The molecule has 0 amide bonds. The summed E-state index contributed by atoms with van der Waals surface area (Å²) >= 11 is 0. The van der Waals surface area contributed by atoms with E-state index in [1.807, 2.05) is 0 Å². The molecule has 0 aliphatic carbocycles. The first-order valence-corrected chi connectivity index (χ1v) is 1.89. The summed E-state index contributed by atoms with van der Waals surface area (Å²) in [4.78, 5) is 9.91. The highest BCUT2D eigenvalue weighted by Crippen LogP contribution is 1.77. The molecule has 0 aromatic heterocycles. The molecule has 0 aliphatic heterocycles. The standard InChI is InChI=1S/C4H7O3/c1-2-7-4(6)3-5/h2,5H,3H2,1H3. The van der Waals surface area contributed by atoms with Gasteiger partial charge in [-0.2, -0.15) is 0 Å². The smallest absolute Gasteiger partial charge is 0.332 e. The maximum absolute atomic E-state index is 9.91. The predicted molar refractivity (Wildman–Crippen MR) is 23.2 cm³/mol. The van der Waals surface area contributed by atoms with Crippen LogP contribution in [0.25, 0.3) is 0 Å². The number of rotatable bonds is 2. The van der Waals surface area contributed by atoms with E-state index in [0.29, 0.717) is 0 Å². The second-order valence-electron chi connectivity index (χ2n) is 0.884. The third kappa shape index (κ3) is 3.26. The normalized spacial score (nSPS) is 8.29. The molecule has 0 heterocycles. The van der Waals surface area contributed by atoms with Crippen molar-refractivity contribution in [2.45, 2.75) is 6.92 Å². The number of aliphatic hydroxyl groups is 1. The van der Waals surface area contributed by atoms with Gasteiger partial charge < -0.3 is 9.84 Å². The van der Waals surface area contributed by atoms with Gasteiger partial charge in [0, 0.05) is 0 Å². The topological polar surface area (TPSA) is 46.5 Å². The summed E-state index contributed by atoms with van der Waals surface area (Å²) in [5.41, 5.74) is 0. The molecule has 0 fully saturated rings. The Labute approximate surface area is 41.9 Å². The second kappa shape index (κ2) is 3.61. The Morgan fingerprint density at radius 3 is 2.71 bits per heavy atom. The fraction of sp³-hybridized carbons (Fsp3) is 0.500. The summed E-state index contributed by atoms with van der Waals surface area (Å²) in [5, 5.41) is 7.97. The third-order valence-corrected chi connectivity index (χ3v) is 0.378. The second-order valence-corrected chi connectivity index (χ2v) is 0.884. The van der Waals surface area contributed by atoms with E-state index >= 15 is 0 Å². The maximum Gasteiger partial charge on any atom is 0.332 e.